The largest absolute Gasteiger partial charge is 0.465 e. The van der Waals surface area contributed by atoms with Crippen LogP contribution in [0, 0.1) is 11.6 Å². The number of nitrogens with one attached hydrogen (secondary N) is 1. The van der Waals surface area contributed by atoms with Gasteiger partial charge in [-0.05, 0) is 6.92 Å². The lowest BCUT2D eigenvalue weighted by atomic mass is 10.2. The van der Waals surface area contributed by atoms with Gasteiger partial charge in [0.25, 0.3) is 0 Å². The SMILES string of the molecule is CC(=O)OC[C@H]1S[C@@H](n2nc(C)c(=S)[nH]c2=O)C[C@@H]1OC(C)=O. The fourth-order valence-electron chi connectivity index (χ4n) is 2.23. The predicted molar refractivity (Wildman–Crippen MR) is 85.6 cm³/mol. The highest BCUT2D eigenvalue weighted by Crippen LogP contribution is 2.42. The number of hydrogen-bond acceptors (Lipinski definition) is 8. The summed E-state index contributed by atoms with van der Waals surface area (Å²) < 4.78 is 11.9. The Balaban J connectivity index is 2.23. The Morgan fingerprint density at radius 1 is 1.43 bits per heavy atom. The van der Waals surface area contributed by atoms with Crippen LogP contribution < -0.4 is 5.69 Å². The van der Waals surface area contributed by atoms with Crippen molar-refractivity contribution in [3.63, 3.8) is 0 Å². The molecule has 1 aliphatic rings. The molecule has 1 aromatic rings. The van der Waals surface area contributed by atoms with Crippen LogP contribution in [0.5, 0.6) is 0 Å². The number of esters is 2. The van der Waals surface area contributed by atoms with Crippen LogP contribution in [-0.2, 0) is 19.1 Å². The van der Waals surface area contributed by atoms with Gasteiger partial charge in [-0.15, -0.1) is 11.8 Å². The topological polar surface area (TPSA) is 103 Å². The van der Waals surface area contributed by atoms with Gasteiger partial charge in [0.1, 0.15) is 22.7 Å². The van der Waals surface area contributed by atoms with E-state index in [0.29, 0.717) is 16.8 Å². The minimum atomic E-state index is -0.459. The number of carbonyl (C=O) groups is 2. The number of rotatable bonds is 4. The summed E-state index contributed by atoms with van der Waals surface area (Å²) in [6, 6.07) is 0. The van der Waals surface area contributed by atoms with E-state index >= 15 is 0 Å². The molecular formula is C13H17N3O5S2. The van der Waals surface area contributed by atoms with E-state index in [1.807, 2.05) is 0 Å². The maximum atomic E-state index is 12.1. The molecule has 0 aliphatic carbocycles. The standard InChI is InChI=1S/C13H17N3O5S2/c1-6-12(22)14-13(19)16(15-6)11-4-9(21-8(3)18)10(23-11)5-20-7(2)17/h9-11H,4-5H2,1-3H3,(H,14,19,22)/t9-,10+,11+/m0/s1. The number of nitrogens with zero attached hydrogens (tertiary/aromatic N) is 2. The van der Waals surface area contributed by atoms with Crippen LogP contribution in [0.3, 0.4) is 0 Å². The molecule has 1 fully saturated rings. The van der Waals surface area contributed by atoms with Crippen molar-refractivity contribution in [3.8, 4) is 0 Å². The fraction of sp³-hybridized carbons (Fsp3) is 0.615. The second-order valence-corrected chi connectivity index (χ2v) is 6.93. The average Bonchev–Trinajstić information content (AvgIpc) is 2.82. The highest BCUT2D eigenvalue weighted by atomic mass is 32.2. The predicted octanol–water partition coefficient (Wildman–Crippen LogP) is 1.11. The summed E-state index contributed by atoms with van der Waals surface area (Å²) >= 11 is 6.36. The van der Waals surface area contributed by atoms with E-state index in [1.54, 1.807) is 6.92 Å². The van der Waals surface area contributed by atoms with Gasteiger partial charge in [-0.1, -0.05) is 12.2 Å². The van der Waals surface area contributed by atoms with Crippen LogP contribution in [0.1, 0.15) is 31.3 Å². The van der Waals surface area contributed by atoms with Crippen LogP contribution in [-0.4, -0.2) is 44.7 Å². The van der Waals surface area contributed by atoms with Crippen LogP contribution in [0.4, 0.5) is 0 Å². The first-order valence-corrected chi connectivity index (χ1v) is 8.29. The summed E-state index contributed by atoms with van der Waals surface area (Å²) in [4.78, 5) is 36.9. The number of aromatic nitrogens is 3. The van der Waals surface area contributed by atoms with Crippen molar-refractivity contribution in [1.82, 2.24) is 14.8 Å². The smallest absolute Gasteiger partial charge is 0.344 e. The molecule has 0 saturated carbocycles. The number of carbonyl (C=O) groups excluding carboxylic acids is 2. The monoisotopic (exact) mass is 359 g/mol. The van der Waals surface area contributed by atoms with E-state index in [-0.39, 0.29) is 17.2 Å². The summed E-state index contributed by atoms with van der Waals surface area (Å²) in [7, 11) is 0. The molecule has 2 rings (SSSR count). The molecule has 1 aliphatic heterocycles. The Hall–Kier alpha value is -1.68. The first-order chi connectivity index (χ1) is 10.8. The molecule has 0 bridgehead atoms. The second-order valence-electron chi connectivity index (χ2n) is 5.10. The third-order valence-electron chi connectivity index (χ3n) is 3.24. The number of thioether (sulfide) groups is 1. The number of H-pyrrole nitrogens is 1. The molecule has 3 atom stereocenters. The maximum absolute atomic E-state index is 12.1. The molecule has 1 aromatic heterocycles. The average molecular weight is 359 g/mol. The molecule has 126 valence electrons. The number of hydrogen-bond donors (Lipinski definition) is 1. The Morgan fingerprint density at radius 2 is 2.13 bits per heavy atom. The number of ether oxygens (including phenoxy) is 2. The molecule has 0 spiro atoms. The summed E-state index contributed by atoms with van der Waals surface area (Å²) in [5.41, 5.74) is 0.112. The maximum Gasteiger partial charge on any atom is 0.344 e. The molecule has 10 heteroatoms. The van der Waals surface area contributed by atoms with Gasteiger partial charge in [0.15, 0.2) is 0 Å². The fourth-order valence-corrected chi connectivity index (χ4v) is 3.81. The molecule has 0 amide bonds. The Kier molecular flexibility index (Phi) is 5.58. The van der Waals surface area contributed by atoms with E-state index in [2.05, 4.69) is 10.1 Å². The van der Waals surface area contributed by atoms with E-state index in [1.165, 1.54) is 30.3 Å². The zero-order valence-corrected chi connectivity index (χ0v) is 14.5. The van der Waals surface area contributed by atoms with Gasteiger partial charge >= 0.3 is 17.6 Å². The Bertz CT molecular complexity index is 729. The molecule has 0 radical (unpaired) electrons. The summed E-state index contributed by atoms with van der Waals surface area (Å²) in [6.45, 7) is 4.43. The zero-order valence-electron chi connectivity index (χ0n) is 12.9. The van der Waals surface area contributed by atoms with Gasteiger partial charge in [-0.3, -0.25) is 14.6 Å². The molecule has 8 nitrogen and oxygen atoms in total. The van der Waals surface area contributed by atoms with Crippen LogP contribution >= 0.6 is 24.0 Å². The molecular weight excluding hydrogens is 342 g/mol. The van der Waals surface area contributed by atoms with E-state index < -0.39 is 23.7 Å². The van der Waals surface area contributed by atoms with Gasteiger partial charge in [-0.25, -0.2) is 9.48 Å². The molecule has 1 N–H and O–H groups in total. The normalized spacial score (nSPS) is 23.5. The highest BCUT2D eigenvalue weighted by Gasteiger charge is 2.40. The summed E-state index contributed by atoms with van der Waals surface area (Å²) in [5.74, 6) is -0.835. The van der Waals surface area contributed by atoms with Crippen molar-refractivity contribution in [2.24, 2.45) is 0 Å². The first-order valence-electron chi connectivity index (χ1n) is 6.93. The molecule has 0 aromatic carbocycles. The summed E-state index contributed by atoms with van der Waals surface area (Å²) in [5, 5.41) is 3.60. The zero-order chi connectivity index (χ0) is 17.1. The van der Waals surface area contributed by atoms with Crippen molar-refractivity contribution in [1.29, 1.82) is 0 Å². The Labute approximate surface area is 141 Å². The molecule has 1 saturated heterocycles. The van der Waals surface area contributed by atoms with Gasteiger partial charge in [0.2, 0.25) is 0 Å². The third kappa shape index (κ3) is 4.41. The van der Waals surface area contributed by atoms with E-state index in [4.69, 9.17) is 21.7 Å². The van der Waals surface area contributed by atoms with Crippen LogP contribution in [0.2, 0.25) is 0 Å². The Morgan fingerprint density at radius 3 is 2.74 bits per heavy atom. The van der Waals surface area contributed by atoms with E-state index in [9.17, 15) is 14.4 Å². The van der Waals surface area contributed by atoms with Crippen molar-refractivity contribution in [2.75, 3.05) is 6.61 Å². The van der Waals surface area contributed by atoms with Crippen molar-refractivity contribution in [2.45, 2.75) is 43.9 Å². The lowest BCUT2D eigenvalue weighted by Crippen LogP contribution is -2.29. The van der Waals surface area contributed by atoms with Crippen molar-refractivity contribution in [3.05, 3.63) is 20.8 Å². The summed E-state index contributed by atoms with van der Waals surface area (Å²) in [6.07, 6.45) is -0.0633. The van der Waals surface area contributed by atoms with Crippen LogP contribution in [0.15, 0.2) is 4.79 Å². The highest BCUT2D eigenvalue weighted by molar-refractivity contribution is 8.00. The van der Waals surface area contributed by atoms with Crippen LogP contribution in [0.25, 0.3) is 0 Å². The molecule has 23 heavy (non-hydrogen) atoms. The quantitative estimate of drug-likeness (QED) is 0.630. The van der Waals surface area contributed by atoms with Gasteiger partial charge in [0, 0.05) is 20.3 Å². The van der Waals surface area contributed by atoms with Gasteiger partial charge in [-0.2, -0.15) is 5.10 Å². The number of aryl methyl sites for hydroxylation is 1. The van der Waals surface area contributed by atoms with Crippen molar-refractivity contribution >= 4 is 35.9 Å². The minimum Gasteiger partial charge on any atom is -0.465 e. The molecule has 0 unspecified atom stereocenters. The lowest BCUT2D eigenvalue weighted by molar-refractivity contribution is -0.148. The molecule has 2 heterocycles. The first kappa shape index (κ1) is 17.7. The van der Waals surface area contributed by atoms with Gasteiger partial charge < -0.3 is 9.47 Å². The van der Waals surface area contributed by atoms with Crippen molar-refractivity contribution < 1.29 is 19.1 Å². The lowest BCUT2D eigenvalue weighted by Gasteiger charge is -2.17. The van der Waals surface area contributed by atoms with Gasteiger partial charge in [0.05, 0.1) is 10.9 Å². The minimum absolute atomic E-state index is 0.102. The number of aromatic amines is 1. The van der Waals surface area contributed by atoms with E-state index in [0.717, 1.165) is 0 Å². The third-order valence-corrected chi connectivity index (χ3v) is 5.13. The second kappa shape index (κ2) is 7.26.